The van der Waals surface area contributed by atoms with Crippen molar-refractivity contribution in [1.29, 1.82) is 0 Å². The minimum atomic E-state index is 0. The van der Waals surface area contributed by atoms with Crippen LogP contribution in [0.1, 0.15) is 24.4 Å². The second-order valence-electron chi connectivity index (χ2n) is 4.14. The molecule has 5 heteroatoms. The van der Waals surface area contributed by atoms with E-state index in [1.807, 2.05) is 18.2 Å². The maximum atomic E-state index is 6.28. The molecule has 96 valence electrons. The number of halogens is 3. The lowest BCUT2D eigenvalue weighted by Gasteiger charge is -2.28. The Hall–Kier alpha value is 0.200. The molecular formula is C12H16BrCl2NO. The zero-order valence-electron chi connectivity index (χ0n) is 9.36. The molecule has 0 unspecified atom stereocenters. The molecule has 0 aromatic heterocycles. The highest BCUT2D eigenvalue weighted by atomic mass is 79.9. The van der Waals surface area contributed by atoms with Crippen molar-refractivity contribution in [1.82, 2.24) is 0 Å². The molecule has 0 aliphatic carbocycles. The third-order valence-electron chi connectivity index (χ3n) is 3.09. The van der Waals surface area contributed by atoms with Crippen LogP contribution in [0.5, 0.6) is 0 Å². The van der Waals surface area contributed by atoms with Gasteiger partial charge in [-0.25, -0.2) is 0 Å². The van der Waals surface area contributed by atoms with Gasteiger partial charge in [0.15, 0.2) is 0 Å². The quantitative estimate of drug-likeness (QED) is 0.884. The van der Waals surface area contributed by atoms with Crippen LogP contribution in [0.2, 0.25) is 5.02 Å². The third-order valence-corrected chi connectivity index (χ3v) is 3.93. The van der Waals surface area contributed by atoms with E-state index in [0.717, 1.165) is 41.1 Å². The molecule has 1 atom stereocenters. The van der Waals surface area contributed by atoms with Crippen LogP contribution in [-0.2, 0) is 4.74 Å². The van der Waals surface area contributed by atoms with Gasteiger partial charge in [0.2, 0.25) is 0 Å². The van der Waals surface area contributed by atoms with Gasteiger partial charge in [0.25, 0.3) is 0 Å². The van der Waals surface area contributed by atoms with Crippen molar-refractivity contribution in [3.63, 3.8) is 0 Å². The Morgan fingerprint density at radius 1 is 1.35 bits per heavy atom. The predicted octanol–water partition coefficient (Wildman–Crippen LogP) is 3.95. The van der Waals surface area contributed by atoms with E-state index in [0.29, 0.717) is 5.92 Å². The number of benzene rings is 1. The Kier molecular flexibility index (Phi) is 6.24. The van der Waals surface area contributed by atoms with Gasteiger partial charge in [-0.3, -0.25) is 0 Å². The molecule has 0 bridgehead atoms. The van der Waals surface area contributed by atoms with E-state index in [2.05, 4.69) is 15.9 Å². The van der Waals surface area contributed by atoms with Crippen molar-refractivity contribution in [2.24, 2.45) is 11.7 Å². The summed E-state index contributed by atoms with van der Waals surface area (Å²) in [5.41, 5.74) is 7.31. The van der Waals surface area contributed by atoms with Crippen molar-refractivity contribution in [2.75, 3.05) is 13.2 Å². The van der Waals surface area contributed by atoms with Crippen LogP contribution in [0.25, 0.3) is 0 Å². The van der Waals surface area contributed by atoms with E-state index in [4.69, 9.17) is 22.1 Å². The van der Waals surface area contributed by atoms with Gasteiger partial charge in [-0.05, 0) is 42.5 Å². The van der Waals surface area contributed by atoms with E-state index in [1.54, 1.807) is 0 Å². The Morgan fingerprint density at radius 2 is 2.00 bits per heavy atom. The average Bonchev–Trinajstić information content (AvgIpc) is 2.32. The molecule has 1 heterocycles. The largest absolute Gasteiger partial charge is 0.381 e. The highest BCUT2D eigenvalue weighted by Crippen LogP contribution is 2.33. The van der Waals surface area contributed by atoms with E-state index < -0.39 is 0 Å². The van der Waals surface area contributed by atoms with Gasteiger partial charge in [0.05, 0.1) is 0 Å². The van der Waals surface area contributed by atoms with E-state index in [-0.39, 0.29) is 18.4 Å². The second-order valence-corrected chi connectivity index (χ2v) is 5.46. The highest BCUT2D eigenvalue weighted by molar-refractivity contribution is 9.10. The normalized spacial score (nSPS) is 18.5. The van der Waals surface area contributed by atoms with Gasteiger partial charge in [-0.1, -0.05) is 27.5 Å². The summed E-state index contributed by atoms with van der Waals surface area (Å²) in [5, 5.41) is 0.752. The van der Waals surface area contributed by atoms with Crippen LogP contribution < -0.4 is 5.73 Å². The lowest BCUT2D eigenvalue weighted by Crippen LogP contribution is -2.27. The van der Waals surface area contributed by atoms with E-state index >= 15 is 0 Å². The molecule has 0 spiro atoms. The first-order valence-corrected chi connectivity index (χ1v) is 6.64. The molecule has 17 heavy (non-hydrogen) atoms. The van der Waals surface area contributed by atoms with Crippen molar-refractivity contribution in [2.45, 2.75) is 18.9 Å². The minimum Gasteiger partial charge on any atom is -0.381 e. The van der Waals surface area contributed by atoms with Gasteiger partial charge in [0.1, 0.15) is 0 Å². The molecule has 1 aliphatic rings. The van der Waals surface area contributed by atoms with Crippen LogP contribution >= 0.6 is 39.9 Å². The SMILES string of the molecule is Cl.N[C@@H](c1cc(Br)ccc1Cl)C1CCOCC1. The molecule has 2 nitrogen and oxygen atoms in total. The molecule has 0 radical (unpaired) electrons. The van der Waals surface area contributed by atoms with Crippen LogP contribution in [0.4, 0.5) is 0 Å². The summed E-state index contributed by atoms with van der Waals surface area (Å²) in [6.45, 7) is 1.62. The monoisotopic (exact) mass is 339 g/mol. The second kappa shape index (κ2) is 6.95. The van der Waals surface area contributed by atoms with Gasteiger partial charge in [-0.15, -0.1) is 12.4 Å². The van der Waals surface area contributed by atoms with Gasteiger partial charge < -0.3 is 10.5 Å². The van der Waals surface area contributed by atoms with Crippen LogP contribution in [0, 0.1) is 5.92 Å². The molecule has 1 aromatic rings. The van der Waals surface area contributed by atoms with Crippen molar-refractivity contribution in [3.8, 4) is 0 Å². The Bertz CT molecular complexity index is 370. The molecule has 0 amide bonds. The first kappa shape index (κ1) is 15.3. The van der Waals surface area contributed by atoms with Gasteiger partial charge >= 0.3 is 0 Å². The molecule has 2 N–H and O–H groups in total. The summed E-state index contributed by atoms with van der Waals surface area (Å²) in [5.74, 6) is 0.473. The van der Waals surface area contributed by atoms with Gasteiger partial charge in [-0.2, -0.15) is 0 Å². The maximum Gasteiger partial charge on any atom is 0.0469 e. The summed E-state index contributed by atoms with van der Waals surface area (Å²) >= 11 is 9.63. The average molecular weight is 341 g/mol. The fourth-order valence-corrected chi connectivity index (χ4v) is 2.72. The lowest BCUT2D eigenvalue weighted by atomic mass is 9.88. The molecule has 1 fully saturated rings. The number of hydrogen-bond donors (Lipinski definition) is 1. The van der Waals surface area contributed by atoms with E-state index in [9.17, 15) is 0 Å². The topological polar surface area (TPSA) is 35.2 Å². The Labute approximate surface area is 121 Å². The smallest absolute Gasteiger partial charge is 0.0469 e. The number of hydrogen-bond acceptors (Lipinski definition) is 2. The first-order valence-electron chi connectivity index (χ1n) is 5.47. The fourth-order valence-electron chi connectivity index (χ4n) is 2.10. The van der Waals surface area contributed by atoms with E-state index in [1.165, 1.54) is 0 Å². The number of rotatable bonds is 2. The van der Waals surface area contributed by atoms with Crippen molar-refractivity contribution >= 4 is 39.9 Å². The summed E-state index contributed by atoms with van der Waals surface area (Å²) < 4.78 is 6.36. The molecule has 1 saturated heterocycles. The standard InChI is InChI=1S/C12H15BrClNO.ClH/c13-9-1-2-11(14)10(7-9)12(15)8-3-5-16-6-4-8;/h1-2,7-8,12H,3-6,15H2;1H/t12-;/m1./s1. The van der Waals surface area contributed by atoms with Crippen LogP contribution in [0.15, 0.2) is 22.7 Å². The number of nitrogens with two attached hydrogens (primary N) is 1. The molecule has 2 rings (SSSR count). The third kappa shape index (κ3) is 3.83. The maximum absolute atomic E-state index is 6.28. The van der Waals surface area contributed by atoms with Gasteiger partial charge in [0, 0.05) is 28.8 Å². The first-order chi connectivity index (χ1) is 7.68. The highest BCUT2D eigenvalue weighted by Gasteiger charge is 2.23. The zero-order valence-corrected chi connectivity index (χ0v) is 12.5. The Balaban J connectivity index is 0.00000144. The summed E-state index contributed by atoms with van der Waals surface area (Å²) in [4.78, 5) is 0. The fraction of sp³-hybridized carbons (Fsp3) is 0.500. The van der Waals surface area contributed by atoms with Crippen molar-refractivity contribution < 1.29 is 4.74 Å². The lowest BCUT2D eigenvalue weighted by molar-refractivity contribution is 0.0584. The number of ether oxygens (including phenoxy) is 1. The molecule has 1 aliphatic heterocycles. The summed E-state index contributed by atoms with van der Waals surface area (Å²) in [6, 6.07) is 5.85. The molecular weight excluding hydrogens is 325 g/mol. The molecule has 1 aromatic carbocycles. The zero-order chi connectivity index (χ0) is 11.5. The van der Waals surface area contributed by atoms with Crippen molar-refractivity contribution in [3.05, 3.63) is 33.3 Å². The minimum absolute atomic E-state index is 0. The predicted molar refractivity (Wildman–Crippen MR) is 76.9 cm³/mol. The Morgan fingerprint density at radius 3 is 2.65 bits per heavy atom. The summed E-state index contributed by atoms with van der Waals surface area (Å²) in [6.07, 6.45) is 2.04. The van der Waals surface area contributed by atoms with Crippen LogP contribution in [-0.4, -0.2) is 13.2 Å². The summed E-state index contributed by atoms with van der Waals surface area (Å²) in [7, 11) is 0. The van der Waals surface area contributed by atoms with Crippen LogP contribution in [0.3, 0.4) is 0 Å². The molecule has 0 saturated carbocycles.